The van der Waals surface area contributed by atoms with Crippen molar-refractivity contribution in [1.29, 1.82) is 0 Å². The van der Waals surface area contributed by atoms with E-state index >= 15 is 0 Å². The molecule has 1 aromatic carbocycles. The number of hydrogen-bond donors (Lipinski definition) is 2. The van der Waals surface area contributed by atoms with Crippen molar-refractivity contribution >= 4 is 17.6 Å². The molecule has 1 saturated carbocycles. The Balaban J connectivity index is 1.97. The fourth-order valence-electron chi connectivity index (χ4n) is 2.75. The summed E-state index contributed by atoms with van der Waals surface area (Å²) in [6.07, 6.45) is 2.38. The lowest BCUT2D eigenvalue weighted by atomic mass is 9.86. The molecule has 1 aliphatic rings. The van der Waals surface area contributed by atoms with E-state index in [2.05, 4.69) is 5.32 Å². The van der Waals surface area contributed by atoms with Crippen LogP contribution in [0.3, 0.4) is 0 Å². The molecule has 22 heavy (non-hydrogen) atoms. The quantitative estimate of drug-likeness (QED) is 0.655. The van der Waals surface area contributed by atoms with Crippen LogP contribution in [0, 0.1) is 23.0 Å². The average Bonchev–Trinajstić information content (AvgIpc) is 2.47. The summed E-state index contributed by atoms with van der Waals surface area (Å²) < 4.78 is 0. The maximum absolute atomic E-state index is 12.2. The molecule has 0 aromatic heterocycles. The van der Waals surface area contributed by atoms with E-state index in [1.807, 2.05) is 0 Å². The van der Waals surface area contributed by atoms with E-state index < -0.39 is 10.9 Å². The fraction of sp³-hybridized carbons (Fsp3) is 0.467. The summed E-state index contributed by atoms with van der Waals surface area (Å²) in [6, 6.07) is 4.21. The van der Waals surface area contributed by atoms with Gasteiger partial charge in [0.1, 0.15) is 0 Å². The molecule has 0 atom stereocenters. The van der Waals surface area contributed by atoms with E-state index in [0.717, 1.165) is 0 Å². The Morgan fingerprint density at radius 1 is 1.27 bits per heavy atom. The topological polar surface area (TPSA) is 110 Å². The third kappa shape index (κ3) is 3.60. The van der Waals surface area contributed by atoms with Gasteiger partial charge in [-0.1, -0.05) is 0 Å². The zero-order valence-electron chi connectivity index (χ0n) is 12.2. The molecule has 1 aromatic rings. The molecule has 2 rings (SSSR count). The molecule has 2 N–H and O–H groups in total. The first-order chi connectivity index (χ1) is 10.4. The lowest BCUT2D eigenvalue weighted by Gasteiger charge is -2.26. The van der Waals surface area contributed by atoms with Gasteiger partial charge in [0.25, 0.3) is 11.6 Å². The van der Waals surface area contributed by atoms with Crippen LogP contribution in [-0.2, 0) is 4.79 Å². The summed E-state index contributed by atoms with van der Waals surface area (Å²) in [5, 5.41) is 22.6. The molecule has 0 spiro atoms. The SMILES string of the molecule is Cc1cc(C(=O)NC2CCC(C(=O)O)CC2)ccc1[N+](=O)[O-]. The van der Waals surface area contributed by atoms with Crippen LogP contribution in [0.25, 0.3) is 0 Å². The van der Waals surface area contributed by atoms with Crippen molar-refractivity contribution in [2.24, 2.45) is 5.92 Å². The molecule has 0 bridgehead atoms. The van der Waals surface area contributed by atoms with Crippen molar-refractivity contribution in [3.05, 3.63) is 39.4 Å². The molecule has 118 valence electrons. The summed E-state index contributed by atoms with van der Waals surface area (Å²) >= 11 is 0. The number of rotatable bonds is 4. The highest BCUT2D eigenvalue weighted by Gasteiger charge is 2.27. The number of nitro benzene ring substituents is 1. The lowest BCUT2D eigenvalue weighted by molar-refractivity contribution is -0.385. The largest absolute Gasteiger partial charge is 0.481 e. The number of nitrogens with one attached hydrogen (secondary N) is 1. The minimum Gasteiger partial charge on any atom is -0.481 e. The Labute approximate surface area is 127 Å². The van der Waals surface area contributed by atoms with Crippen LogP contribution in [0.15, 0.2) is 18.2 Å². The lowest BCUT2D eigenvalue weighted by Crippen LogP contribution is -2.38. The molecule has 0 heterocycles. The van der Waals surface area contributed by atoms with Gasteiger partial charge in [-0.15, -0.1) is 0 Å². The highest BCUT2D eigenvalue weighted by Crippen LogP contribution is 2.25. The third-order valence-electron chi connectivity index (χ3n) is 4.07. The van der Waals surface area contributed by atoms with Crippen LogP contribution >= 0.6 is 0 Å². The van der Waals surface area contributed by atoms with Gasteiger partial charge in [-0.05, 0) is 44.7 Å². The second-order valence-corrected chi connectivity index (χ2v) is 5.62. The first-order valence-electron chi connectivity index (χ1n) is 7.17. The van der Waals surface area contributed by atoms with Gasteiger partial charge in [-0.3, -0.25) is 19.7 Å². The Morgan fingerprint density at radius 2 is 1.91 bits per heavy atom. The smallest absolute Gasteiger partial charge is 0.306 e. The summed E-state index contributed by atoms with van der Waals surface area (Å²) in [5.74, 6) is -1.39. The molecule has 1 amide bonds. The van der Waals surface area contributed by atoms with E-state index in [4.69, 9.17) is 5.11 Å². The minimum absolute atomic E-state index is 0.0153. The second-order valence-electron chi connectivity index (χ2n) is 5.62. The van der Waals surface area contributed by atoms with Crippen LogP contribution in [0.1, 0.15) is 41.6 Å². The monoisotopic (exact) mass is 306 g/mol. The van der Waals surface area contributed by atoms with Crippen LogP contribution in [0.2, 0.25) is 0 Å². The van der Waals surface area contributed by atoms with Crippen LogP contribution in [0.4, 0.5) is 5.69 Å². The molecular weight excluding hydrogens is 288 g/mol. The number of benzene rings is 1. The number of carboxylic acids is 1. The van der Waals surface area contributed by atoms with Gasteiger partial charge in [0.15, 0.2) is 0 Å². The van der Waals surface area contributed by atoms with Crippen LogP contribution in [-0.4, -0.2) is 27.9 Å². The van der Waals surface area contributed by atoms with Crippen molar-refractivity contribution in [2.45, 2.75) is 38.6 Å². The molecule has 1 aliphatic carbocycles. The van der Waals surface area contributed by atoms with E-state index in [-0.39, 0.29) is 23.6 Å². The Morgan fingerprint density at radius 3 is 2.41 bits per heavy atom. The van der Waals surface area contributed by atoms with Gasteiger partial charge in [0.2, 0.25) is 0 Å². The van der Waals surface area contributed by atoms with E-state index in [1.54, 1.807) is 6.92 Å². The predicted molar refractivity (Wildman–Crippen MR) is 78.7 cm³/mol. The second kappa shape index (κ2) is 6.55. The number of hydrogen-bond acceptors (Lipinski definition) is 4. The third-order valence-corrected chi connectivity index (χ3v) is 4.07. The van der Waals surface area contributed by atoms with Crippen molar-refractivity contribution in [3.63, 3.8) is 0 Å². The minimum atomic E-state index is -0.782. The number of nitro groups is 1. The van der Waals surface area contributed by atoms with Gasteiger partial charge in [0.05, 0.1) is 10.8 Å². The van der Waals surface area contributed by atoms with Gasteiger partial charge in [0, 0.05) is 23.2 Å². The van der Waals surface area contributed by atoms with Crippen molar-refractivity contribution in [3.8, 4) is 0 Å². The van der Waals surface area contributed by atoms with Crippen LogP contribution in [0.5, 0.6) is 0 Å². The Kier molecular flexibility index (Phi) is 4.75. The van der Waals surface area contributed by atoms with E-state index in [0.29, 0.717) is 36.8 Å². The Bertz CT molecular complexity index is 606. The van der Waals surface area contributed by atoms with Crippen molar-refractivity contribution in [1.82, 2.24) is 5.32 Å². The molecule has 7 heteroatoms. The molecule has 0 saturated heterocycles. The Hall–Kier alpha value is -2.44. The first kappa shape index (κ1) is 15.9. The zero-order valence-corrected chi connectivity index (χ0v) is 12.2. The number of nitrogens with zero attached hydrogens (tertiary/aromatic N) is 1. The maximum atomic E-state index is 12.2. The van der Waals surface area contributed by atoms with Gasteiger partial charge >= 0.3 is 5.97 Å². The number of aryl methyl sites for hydroxylation is 1. The van der Waals surface area contributed by atoms with Crippen LogP contribution < -0.4 is 5.32 Å². The highest BCUT2D eigenvalue weighted by molar-refractivity contribution is 5.94. The van der Waals surface area contributed by atoms with Gasteiger partial charge in [-0.25, -0.2) is 0 Å². The molecule has 0 aliphatic heterocycles. The predicted octanol–water partition coefficient (Wildman–Crippen LogP) is 2.28. The molecule has 0 radical (unpaired) electrons. The highest BCUT2D eigenvalue weighted by atomic mass is 16.6. The van der Waals surface area contributed by atoms with Crippen molar-refractivity contribution in [2.75, 3.05) is 0 Å². The standard InChI is InChI=1S/C15H18N2O5/c1-9-8-11(4-7-13(9)17(21)22)14(18)16-12-5-2-10(3-6-12)15(19)20/h4,7-8,10,12H,2-3,5-6H2,1H3,(H,16,18)(H,19,20). The van der Waals surface area contributed by atoms with E-state index in [9.17, 15) is 19.7 Å². The van der Waals surface area contributed by atoms with Crippen molar-refractivity contribution < 1.29 is 19.6 Å². The van der Waals surface area contributed by atoms with E-state index in [1.165, 1.54) is 18.2 Å². The molecule has 7 nitrogen and oxygen atoms in total. The van der Waals surface area contributed by atoms with Gasteiger partial charge in [-0.2, -0.15) is 0 Å². The summed E-state index contributed by atoms with van der Waals surface area (Å²) in [7, 11) is 0. The first-order valence-corrected chi connectivity index (χ1v) is 7.17. The molecular formula is C15H18N2O5. The summed E-state index contributed by atoms with van der Waals surface area (Å²) in [6.45, 7) is 1.59. The summed E-state index contributed by atoms with van der Waals surface area (Å²) in [4.78, 5) is 33.3. The zero-order chi connectivity index (χ0) is 16.3. The fourth-order valence-corrected chi connectivity index (χ4v) is 2.75. The average molecular weight is 306 g/mol. The number of carboxylic acid groups (broad SMARTS) is 1. The summed E-state index contributed by atoms with van der Waals surface area (Å²) in [5.41, 5.74) is 0.800. The maximum Gasteiger partial charge on any atom is 0.306 e. The number of carbonyl (C=O) groups excluding carboxylic acids is 1. The molecule has 0 unspecified atom stereocenters. The number of carbonyl (C=O) groups is 2. The van der Waals surface area contributed by atoms with Gasteiger partial charge < -0.3 is 10.4 Å². The normalized spacial score (nSPS) is 21.1. The number of aliphatic carboxylic acids is 1. The number of amides is 1. The molecule has 1 fully saturated rings.